The predicted octanol–water partition coefficient (Wildman–Crippen LogP) is 3.19. The maximum atomic E-state index is 11.9. The summed E-state index contributed by atoms with van der Waals surface area (Å²) >= 11 is 0. The zero-order chi connectivity index (χ0) is 11.1. The fraction of sp³-hybridized carbons (Fsp3) is 0.500. The van der Waals surface area contributed by atoms with E-state index in [2.05, 4.69) is 12.1 Å². The lowest BCUT2D eigenvalue weighted by atomic mass is 9.78. The van der Waals surface area contributed by atoms with Crippen LogP contribution in [0.15, 0.2) is 18.2 Å². The molecular weight excluding hydrogens is 200 g/mol. The molecule has 0 N–H and O–H groups in total. The Hall–Kier alpha value is -1.31. The van der Waals surface area contributed by atoms with Gasteiger partial charge in [0.2, 0.25) is 0 Å². The van der Waals surface area contributed by atoms with Gasteiger partial charge in [-0.15, -0.1) is 0 Å². The standard InChI is InChI=1S/C14H16O2/c1-9-6-7-10-11-4-2-3-5-13(11)16-14(15)12(10)8-9/h6-8,11,13H,2-5H2,1H3/t11-,13+/m1/s1. The van der Waals surface area contributed by atoms with E-state index in [1.165, 1.54) is 18.4 Å². The van der Waals surface area contributed by atoms with E-state index < -0.39 is 0 Å². The van der Waals surface area contributed by atoms with Gasteiger partial charge in [-0.2, -0.15) is 0 Å². The number of benzene rings is 1. The molecule has 2 aliphatic rings. The van der Waals surface area contributed by atoms with Crippen LogP contribution in [0.5, 0.6) is 0 Å². The highest BCUT2D eigenvalue weighted by Crippen LogP contribution is 2.40. The van der Waals surface area contributed by atoms with Gasteiger partial charge in [0.1, 0.15) is 6.10 Å². The maximum absolute atomic E-state index is 11.9. The zero-order valence-electron chi connectivity index (χ0n) is 9.53. The smallest absolute Gasteiger partial charge is 0.338 e. The van der Waals surface area contributed by atoms with Crippen molar-refractivity contribution in [3.05, 3.63) is 34.9 Å². The molecule has 1 fully saturated rings. The first kappa shape index (κ1) is 9.88. The van der Waals surface area contributed by atoms with Crippen LogP contribution in [0.2, 0.25) is 0 Å². The van der Waals surface area contributed by atoms with Crippen LogP contribution in [0.25, 0.3) is 0 Å². The van der Waals surface area contributed by atoms with Crippen molar-refractivity contribution in [2.45, 2.75) is 44.6 Å². The summed E-state index contributed by atoms with van der Waals surface area (Å²) in [5.74, 6) is 0.323. The summed E-state index contributed by atoms with van der Waals surface area (Å²) in [6.07, 6.45) is 4.77. The topological polar surface area (TPSA) is 26.3 Å². The highest BCUT2D eigenvalue weighted by Gasteiger charge is 2.36. The molecule has 0 bridgehead atoms. The van der Waals surface area contributed by atoms with Crippen LogP contribution < -0.4 is 0 Å². The molecule has 1 aromatic carbocycles. The zero-order valence-corrected chi connectivity index (χ0v) is 9.53. The molecule has 1 aromatic rings. The highest BCUT2D eigenvalue weighted by atomic mass is 16.5. The van der Waals surface area contributed by atoms with E-state index >= 15 is 0 Å². The van der Waals surface area contributed by atoms with E-state index in [0.717, 1.165) is 24.0 Å². The molecule has 1 heterocycles. The summed E-state index contributed by atoms with van der Waals surface area (Å²) in [6.45, 7) is 2.01. The molecule has 16 heavy (non-hydrogen) atoms. The molecule has 0 radical (unpaired) electrons. The van der Waals surface area contributed by atoms with E-state index in [1.807, 2.05) is 13.0 Å². The normalized spacial score (nSPS) is 27.9. The lowest BCUT2D eigenvalue weighted by Gasteiger charge is -2.36. The van der Waals surface area contributed by atoms with Crippen LogP contribution in [0, 0.1) is 6.92 Å². The number of hydrogen-bond donors (Lipinski definition) is 0. The minimum atomic E-state index is -0.123. The first-order valence-corrected chi connectivity index (χ1v) is 6.07. The van der Waals surface area contributed by atoms with E-state index in [-0.39, 0.29) is 12.1 Å². The SMILES string of the molecule is Cc1ccc2c(c1)C(=O)O[C@H]1CCCC[C@H]21. The molecule has 2 heteroatoms. The average Bonchev–Trinajstić information content (AvgIpc) is 2.29. The maximum Gasteiger partial charge on any atom is 0.338 e. The van der Waals surface area contributed by atoms with Crippen molar-refractivity contribution in [3.63, 3.8) is 0 Å². The molecule has 0 spiro atoms. The Morgan fingerprint density at radius 2 is 2.06 bits per heavy atom. The molecule has 0 unspecified atom stereocenters. The Morgan fingerprint density at radius 1 is 1.25 bits per heavy atom. The third-order valence-corrected chi connectivity index (χ3v) is 3.79. The van der Waals surface area contributed by atoms with Crippen LogP contribution in [-0.4, -0.2) is 12.1 Å². The van der Waals surface area contributed by atoms with E-state index in [4.69, 9.17) is 4.74 Å². The van der Waals surface area contributed by atoms with Crippen molar-refractivity contribution in [3.8, 4) is 0 Å². The monoisotopic (exact) mass is 216 g/mol. The first-order chi connectivity index (χ1) is 7.75. The molecule has 0 saturated heterocycles. The predicted molar refractivity (Wildman–Crippen MR) is 61.6 cm³/mol. The Morgan fingerprint density at radius 3 is 2.94 bits per heavy atom. The van der Waals surface area contributed by atoms with Crippen molar-refractivity contribution in [1.82, 2.24) is 0 Å². The molecule has 84 valence electrons. The molecule has 3 rings (SSSR count). The summed E-state index contributed by atoms with van der Waals surface area (Å²) in [5, 5.41) is 0. The molecule has 2 nitrogen and oxygen atoms in total. The fourth-order valence-electron chi connectivity index (χ4n) is 2.96. The lowest BCUT2D eigenvalue weighted by molar-refractivity contribution is 0.00768. The number of fused-ring (bicyclic) bond motifs is 3. The van der Waals surface area contributed by atoms with Gasteiger partial charge in [0, 0.05) is 5.92 Å². The van der Waals surface area contributed by atoms with Crippen LogP contribution in [0.3, 0.4) is 0 Å². The Kier molecular flexibility index (Phi) is 2.23. The van der Waals surface area contributed by atoms with Gasteiger partial charge in [0.25, 0.3) is 0 Å². The van der Waals surface area contributed by atoms with Crippen molar-refractivity contribution >= 4 is 5.97 Å². The van der Waals surface area contributed by atoms with Gasteiger partial charge in [0.05, 0.1) is 5.56 Å². The summed E-state index contributed by atoms with van der Waals surface area (Å²) < 4.78 is 5.53. The van der Waals surface area contributed by atoms with Crippen LogP contribution in [0.1, 0.15) is 53.1 Å². The van der Waals surface area contributed by atoms with Gasteiger partial charge in [-0.3, -0.25) is 0 Å². The summed E-state index contributed by atoms with van der Waals surface area (Å²) in [4.78, 5) is 11.9. The summed E-state index contributed by atoms with van der Waals surface area (Å²) in [7, 11) is 0. The summed E-state index contributed by atoms with van der Waals surface area (Å²) in [6, 6.07) is 6.18. The number of ether oxygens (including phenoxy) is 1. The van der Waals surface area contributed by atoms with Crippen LogP contribution in [-0.2, 0) is 4.74 Å². The van der Waals surface area contributed by atoms with E-state index in [9.17, 15) is 4.79 Å². The first-order valence-electron chi connectivity index (χ1n) is 6.07. The van der Waals surface area contributed by atoms with Gasteiger partial charge in [-0.1, -0.05) is 24.1 Å². The van der Waals surface area contributed by atoms with Gasteiger partial charge >= 0.3 is 5.97 Å². The summed E-state index contributed by atoms with van der Waals surface area (Å²) in [5.41, 5.74) is 3.14. The van der Waals surface area contributed by atoms with Gasteiger partial charge < -0.3 is 4.74 Å². The second kappa shape index (κ2) is 3.62. The molecule has 1 saturated carbocycles. The second-order valence-electron chi connectivity index (χ2n) is 4.93. The van der Waals surface area contributed by atoms with Crippen molar-refractivity contribution < 1.29 is 9.53 Å². The Bertz CT molecular complexity index is 436. The van der Waals surface area contributed by atoms with Gasteiger partial charge in [-0.25, -0.2) is 4.79 Å². The molecule has 1 aliphatic heterocycles. The average molecular weight is 216 g/mol. The minimum absolute atomic E-state index is 0.123. The molecular formula is C14H16O2. The molecule has 1 aliphatic carbocycles. The third-order valence-electron chi connectivity index (χ3n) is 3.79. The van der Waals surface area contributed by atoms with Crippen molar-refractivity contribution in [1.29, 1.82) is 0 Å². The van der Waals surface area contributed by atoms with E-state index in [0.29, 0.717) is 5.92 Å². The van der Waals surface area contributed by atoms with E-state index in [1.54, 1.807) is 0 Å². The van der Waals surface area contributed by atoms with Crippen molar-refractivity contribution in [2.75, 3.05) is 0 Å². The quantitative estimate of drug-likeness (QED) is 0.622. The minimum Gasteiger partial charge on any atom is -0.458 e. The third kappa shape index (κ3) is 1.44. The fourth-order valence-corrected chi connectivity index (χ4v) is 2.96. The number of esters is 1. The largest absolute Gasteiger partial charge is 0.458 e. The van der Waals surface area contributed by atoms with Crippen molar-refractivity contribution in [2.24, 2.45) is 0 Å². The van der Waals surface area contributed by atoms with Crippen LogP contribution in [0.4, 0.5) is 0 Å². The van der Waals surface area contributed by atoms with Crippen LogP contribution >= 0.6 is 0 Å². The lowest BCUT2D eigenvalue weighted by Crippen LogP contribution is -2.34. The number of carbonyl (C=O) groups is 1. The molecule has 0 amide bonds. The Balaban J connectivity index is 2.08. The Labute approximate surface area is 95.6 Å². The number of aryl methyl sites for hydroxylation is 1. The van der Waals surface area contributed by atoms with Gasteiger partial charge in [-0.05, 0) is 37.8 Å². The number of hydrogen-bond acceptors (Lipinski definition) is 2. The number of carbonyl (C=O) groups excluding carboxylic acids is 1. The molecule has 2 atom stereocenters. The van der Waals surface area contributed by atoms with Gasteiger partial charge in [0.15, 0.2) is 0 Å². The molecule has 0 aromatic heterocycles. The second-order valence-corrected chi connectivity index (χ2v) is 4.93. The number of rotatable bonds is 0. The highest BCUT2D eigenvalue weighted by molar-refractivity contribution is 5.92.